The van der Waals surface area contributed by atoms with Crippen LogP contribution in [0.2, 0.25) is 0 Å². The highest BCUT2D eigenvalue weighted by Gasteiger charge is 2.26. The van der Waals surface area contributed by atoms with E-state index in [1.165, 1.54) is 0 Å². The van der Waals surface area contributed by atoms with E-state index in [2.05, 4.69) is 13.8 Å². The van der Waals surface area contributed by atoms with Gasteiger partial charge in [-0.2, -0.15) is 0 Å². The molecule has 0 saturated carbocycles. The fourth-order valence-corrected chi connectivity index (χ4v) is 1.50. The van der Waals surface area contributed by atoms with Gasteiger partial charge in [-0.1, -0.05) is 19.9 Å². The summed E-state index contributed by atoms with van der Waals surface area (Å²) >= 11 is 0. The molecule has 1 atom stereocenters. The van der Waals surface area contributed by atoms with Crippen molar-refractivity contribution in [1.82, 2.24) is 0 Å². The molecule has 0 saturated heterocycles. The van der Waals surface area contributed by atoms with Crippen molar-refractivity contribution in [1.29, 1.82) is 0 Å². The van der Waals surface area contributed by atoms with Gasteiger partial charge in [0.15, 0.2) is 11.5 Å². The van der Waals surface area contributed by atoms with Gasteiger partial charge in [0.1, 0.15) is 0 Å². The molecule has 0 spiro atoms. The maximum Gasteiger partial charge on any atom is 0.161 e. The Morgan fingerprint density at radius 1 is 1.12 bits per heavy atom. The van der Waals surface area contributed by atoms with E-state index < -0.39 is 0 Å². The van der Waals surface area contributed by atoms with Crippen molar-refractivity contribution >= 4 is 0 Å². The van der Waals surface area contributed by atoms with Crippen LogP contribution in [0, 0.1) is 0 Å². The average molecular weight is 223 g/mol. The number of ether oxygens (including phenoxy) is 2. The summed E-state index contributed by atoms with van der Waals surface area (Å²) in [5, 5.41) is 0. The Labute approximate surface area is 97.6 Å². The molecule has 0 aromatic heterocycles. The fourth-order valence-electron chi connectivity index (χ4n) is 1.50. The van der Waals surface area contributed by atoms with Crippen LogP contribution in [-0.2, 0) is 5.41 Å². The van der Waals surface area contributed by atoms with Gasteiger partial charge < -0.3 is 15.2 Å². The van der Waals surface area contributed by atoms with E-state index in [1.54, 1.807) is 14.2 Å². The first kappa shape index (κ1) is 12.8. The molecule has 0 amide bonds. The van der Waals surface area contributed by atoms with E-state index in [9.17, 15) is 0 Å². The van der Waals surface area contributed by atoms with Crippen LogP contribution in [0.1, 0.15) is 26.3 Å². The molecule has 2 N–H and O–H groups in total. The highest BCUT2D eigenvalue weighted by Crippen LogP contribution is 2.34. The van der Waals surface area contributed by atoms with Crippen molar-refractivity contribution < 1.29 is 9.47 Å². The summed E-state index contributed by atoms with van der Waals surface area (Å²) in [5.74, 6) is 1.49. The van der Waals surface area contributed by atoms with Crippen LogP contribution in [0.3, 0.4) is 0 Å². The van der Waals surface area contributed by atoms with Crippen LogP contribution < -0.4 is 15.2 Å². The van der Waals surface area contributed by atoms with Crippen LogP contribution in [0.15, 0.2) is 18.2 Å². The first-order chi connectivity index (χ1) is 7.43. The minimum Gasteiger partial charge on any atom is -0.493 e. The number of hydrogen-bond donors (Lipinski definition) is 1. The van der Waals surface area contributed by atoms with E-state index in [0.29, 0.717) is 0 Å². The van der Waals surface area contributed by atoms with Crippen molar-refractivity contribution in [2.45, 2.75) is 32.2 Å². The predicted octanol–water partition coefficient (Wildman–Crippen LogP) is 2.33. The molecule has 0 fully saturated rings. The maximum absolute atomic E-state index is 5.99. The number of benzene rings is 1. The molecule has 1 aromatic rings. The van der Waals surface area contributed by atoms with Gasteiger partial charge in [0.2, 0.25) is 0 Å². The zero-order valence-corrected chi connectivity index (χ0v) is 10.7. The summed E-state index contributed by atoms with van der Waals surface area (Å²) in [6.45, 7) is 6.26. The molecule has 0 heterocycles. The van der Waals surface area contributed by atoms with Crippen LogP contribution in [0.4, 0.5) is 0 Å². The van der Waals surface area contributed by atoms with Crippen LogP contribution >= 0.6 is 0 Å². The lowest BCUT2D eigenvalue weighted by Crippen LogP contribution is -2.38. The second-order valence-corrected chi connectivity index (χ2v) is 4.58. The summed E-state index contributed by atoms with van der Waals surface area (Å²) in [5.41, 5.74) is 7.06. The van der Waals surface area contributed by atoms with Gasteiger partial charge in [-0.05, 0) is 24.6 Å². The van der Waals surface area contributed by atoms with E-state index in [-0.39, 0.29) is 11.5 Å². The molecule has 0 aliphatic carbocycles. The van der Waals surface area contributed by atoms with Crippen molar-refractivity contribution in [3.05, 3.63) is 23.8 Å². The van der Waals surface area contributed by atoms with Gasteiger partial charge in [-0.15, -0.1) is 0 Å². The van der Waals surface area contributed by atoms with Gasteiger partial charge in [-0.25, -0.2) is 0 Å². The summed E-state index contributed by atoms with van der Waals surface area (Å²) in [7, 11) is 3.27. The van der Waals surface area contributed by atoms with Gasteiger partial charge in [0, 0.05) is 11.5 Å². The van der Waals surface area contributed by atoms with Gasteiger partial charge in [0.05, 0.1) is 14.2 Å². The second-order valence-electron chi connectivity index (χ2n) is 4.58. The first-order valence-corrected chi connectivity index (χ1v) is 5.41. The number of methoxy groups -OCH3 is 2. The lowest BCUT2D eigenvalue weighted by molar-refractivity contribution is 0.351. The molecule has 0 radical (unpaired) electrons. The first-order valence-electron chi connectivity index (χ1n) is 5.41. The Bertz CT molecular complexity index is 359. The summed E-state index contributed by atoms with van der Waals surface area (Å²) in [6, 6.07) is 6.01. The standard InChI is InChI=1S/C13H21NO2/c1-9(14)13(2,3)10-6-7-11(15-4)12(8-10)16-5/h6-9H,14H2,1-5H3/t9-/m0/s1. The molecule has 3 nitrogen and oxygen atoms in total. The molecule has 0 unspecified atom stereocenters. The van der Waals surface area contributed by atoms with Crippen LogP contribution in [0.25, 0.3) is 0 Å². The lowest BCUT2D eigenvalue weighted by Gasteiger charge is -2.30. The third-order valence-electron chi connectivity index (χ3n) is 3.27. The lowest BCUT2D eigenvalue weighted by atomic mass is 9.79. The summed E-state index contributed by atoms with van der Waals surface area (Å²) in [4.78, 5) is 0. The van der Waals surface area contributed by atoms with Crippen LogP contribution in [0.5, 0.6) is 11.5 Å². The van der Waals surface area contributed by atoms with Crippen molar-refractivity contribution in [3.63, 3.8) is 0 Å². The van der Waals surface area contributed by atoms with Crippen molar-refractivity contribution in [2.75, 3.05) is 14.2 Å². The Hall–Kier alpha value is -1.22. The number of rotatable bonds is 4. The highest BCUT2D eigenvalue weighted by molar-refractivity contribution is 5.45. The molecule has 16 heavy (non-hydrogen) atoms. The molecule has 90 valence electrons. The smallest absolute Gasteiger partial charge is 0.161 e. The Morgan fingerprint density at radius 3 is 2.12 bits per heavy atom. The summed E-state index contributed by atoms with van der Waals surface area (Å²) in [6.07, 6.45) is 0. The highest BCUT2D eigenvalue weighted by atomic mass is 16.5. The third-order valence-corrected chi connectivity index (χ3v) is 3.27. The largest absolute Gasteiger partial charge is 0.493 e. The topological polar surface area (TPSA) is 44.5 Å². The molecule has 0 bridgehead atoms. The van der Waals surface area contributed by atoms with E-state index in [4.69, 9.17) is 15.2 Å². The molecule has 0 aliphatic heterocycles. The van der Waals surface area contributed by atoms with E-state index >= 15 is 0 Å². The Kier molecular flexibility index (Phi) is 3.81. The third kappa shape index (κ3) is 2.30. The average Bonchev–Trinajstić information content (AvgIpc) is 2.27. The molecule has 1 aromatic carbocycles. The molecule has 3 heteroatoms. The van der Waals surface area contributed by atoms with Crippen molar-refractivity contribution in [2.24, 2.45) is 5.73 Å². The van der Waals surface area contributed by atoms with Gasteiger partial charge in [0.25, 0.3) is 0 Å². The molecular formula is C13H21NO2. The monoisotopic (exact) mass is 223 g/mol. The summed E-state index contributed by atoms with van der Waals surface area (Å²) < 4.78 is 10.5. The number of nitrogens with two attached hydrogens (primary N) is 1. The van der Waals surface area contributed by atoms with E-state index in [1.807, 2.05) is 25.1 Å². The fraction of sp³-hybridized carbons (Fsp3) is 0.538. The minimum atomic E-state index is -0.0838. The van der Waals surface area contributed by atoms with Crippen LogP contribution in [-0.4, -0.2) is 20.3 Å². The number of hydrogen-bond acceptors (Lipinski definition) is 3. The molecule has 1 rings (SSSR count). The van der Waals surface area contributed by atoms with Gasteiger partial charge >= 0.3 is 0 Å². The maximum atomic E-state index is 5.99. The second kappa shape index (κ2) is 4.74. The van der Waals surface area contributed by atoms with Crippen molar-refractivity contribution in [3.8, 4) is 11.5 Å². The Morgan fingerprint density at radius 2 is 1.69 bits per heavy atom. The normalized spacial score (nSPS) is 13.4. The minimum absolute atomic E-state index is 0.0746. The molecular weight excluding hydrogens is 202 g/mol. The Balaban J connectivity index is 3.17. The quantitative estimate of drug-likeness (QED) is 0.852. The SMILES string of the molecule is COc1ccc(C(C)(C)[C@H](C)N)cc1OC. The zero-order chi connectivity index (χ0) is 12.3. The molecule has 0 aliphatic rings. The zero-order valence-electron chi connectivity index (χ0n) is 10.7. The van der Waals surface area contributed by atoms with E-state index in [0.717, 1.165) is 17.1 Å². The predicted molar refractivity (Wildman–Crippen MR) is 66.2 cm³/mol. The van der Waals surface area contributed by atoms with Gasteiger partial charge in [-0.3, -0.25) is 0 Å².